The van der Waals surface area contributed by atoms with E-state index in [0.717, 1.165) is 35.4 Å². The van der Waals surface area contributed by atoms with E-state index in [0.29, 0.717) is 6.54 Å². The molecule has 1 rings (SSSR count). The first-order valence-corrected chi connectivity index (χ1v) is 6.19. The van der Waals surface area contributed by atoms with Crippen molar-refractivity contribution >= 4 is 15.9 Å². The maximum Gasteiger partial charge on any atom is 0.120 e. The van der Waals surface area contributed by atoms with Crippen molar-refractivity contribution in [1.29, 1.82) is 0 Å². The van der Waals surface area contributed by atoms with Crippen molar-refractivity contribution in [2.75, 3.05) is 27.2 Å². The summed E-state index contributed by atoms with van der Waals surface area (Å²) in [5.41, 5.74) is 6.68. The van der Waals surface area contributed by atoms with Gasteiger partial charge in [-0.2, -0.15) is 0 Å². The van der Waals surface area contributed by atoms with Gasteiger partial charge in [0.15, 0.2) is 0 Å². The van der Waals surface area contributed by atoms with Crippen LogP contribution in [0.4, 0.5) is 0 Å². The highest BCUT2D eigenvalue weighted by Crippen LogP contribution is 2.22. The van der Waals surface area contributed by atoms with Crippen LogP contribution in [0.2, 0.25) is 0 Å². The third-order valence-electron chi connectivity index (χ3n) is 2.26. The van der Waals surface area contributed by atoms with Crippen molar-refractivity contribution in [3.8, 4) is 5.75 Å². The van der Waals surface area contributed by atoms with Gasteiger partial charge < -0.3 is 15.4 Å². The fraction of sp³-hybridized carbons (Fsp3) is 0.500. The zero-order valence-corrected chi connectivity index (χ0v) is 11.5. The number of ether oxygens (including phenoxy) is 1. The molecule has 0 spiro atoms. The summed E-state index contributed by atoms with van der Waals surface area (Å²) in [6, 6.07) is 5.92. The number of hydrogen-bond donors (Lipinski definition) is 1. The van der Waals surface area contributed by atoms with Crippen LogP contribution in [0.5, 0.6) is 5.75 Å². The fourth-order valence-corrected chi connectivity index (χ4v) is 1.87. The molecule has 0 saturated carbocycles. The van der Waals surface area contributed by atoms with Crippen LogP contribution in [0, 0.1) is 0 Å². The zero-order valence-electron chi connectivity index (χ0n) is 9.87. The summed E-state index contributed by atoms with van der Waals surface area (Å²) >= 11 is 3.47. The van der Waals surface area contributed by atoms with E-state index < -0.39 is 0 Å². The van der Waals surface area contributed by atoms with E-state index in [2.05, 4.69) is 34.9 Å². The van der Waals surface area contributed by atoms with Gasteiger partial charge in [0.05, 0.1) is 6.61 Å². The summed E-state index contributed by atoms with van der Waals surface area (Å²) in [4.78, 5) is 2.15. The first-order chi connectivity index (χ1) is 7.63. The maximum atomic E-state index is 5.64. The predicted octanol–water partition coefficient (Wildman–Crippen LogP) is 2.24. The molecule has 2 N–H and O–H groups in total. The molecule has 0 fully saturated rings. The van der Waals surface area contributed by atoms with Gasteiger partial charge >= 0.3 is 0 Å². The van der Waals surface area contributed by atoms with Crippen LogP contribution < -0.4 is 10.5 Å². The van der Waals surface area contributed by atoms with Crippen LogP contribution >= 0.6 is 15.9 Å². The molecule has 16 heavy (non-hydrogen) atoms. The average Bonchev–Trinajstić information content (AvgIpc) is 2.24. The quantitative estimate of drug-likeness (QED) is 0.815. The van der Waals surface area contributed by atoms with Crippen LogP contribution in [0.15, 0.2) is 22.7 Å². The van der Waals surface area contributed by atoms with E-state index >= 15 is 0 Å². The molecule has 0 aromatic heterocycles. The van der Waals surface area contributed by atoms with Gasteiger partial charge in [-0.1, -0.05) is 22.0 Å². The van der Waals surface area contributed by atoms with E-state index in [1.807, 2.05) is 18.2 Å². The molecule has 3 nitrogen and oxygen atoms in total. The summed E-state index contributed by atoms with van der Waals surface area (Å²) in [7, 11) is 4.12. The Labute approximate surface area is 106 Å². The van der Waals surface area contributed by atoms with Crippen LogP contribution in [-0.4, -0.2) is 32.1 Å². The molecule has 0 aliphatic carbocycles. The SMILES string of the molecule is CN(C)CCCOc1ccc(CN)c(Br)c1. The second-order valence-corrected chi connectivity index (χ2v) is 4.82. The van der Waals surface area contributed by atoms with Crippen molar-refractivity contribution in [3.63, 3.8) is 0 Å². The van der Waals surface area contributed by atoms with E-state index in [-0.39, 0.29) is 0 Å². The minimum Gasteiger partial charge on any atom is -0.494 e. The fourth-order valence-electron chi connectivity index (χ4n) is 1.35. The molecular formula is C12H19BrN2O. The third kappa shape index (κ3) is 4.51. The maximum absolute atomic E-state index is 5.64. The zero-order chi connectivity index (χ0) is 12.0. The van der Waals surface area contributed by atoms with Crippen molar-refractivity contribution in [2.24, 2.45) is 5.73 Å². The summed E-state index contributed by atoms with van der Waals surface area (Å²) in [6.45, 7) is 2.33. The molecule has 0 aliphatic rings. The number of nitrogens with zero attached hydrogens (tertiary/aromatic N) is 1. The Morgan fingerprint density at radius 1 is 1.38 bits per heavy atom. The largest absolute Gasteiger partial charge is 0.494 e. The van der Waals surface area contributed by atoms with Gasteiger partial charge in [0, 0.05) is 17.6 Å². The molecule has 4 heteroatoms. The highest BCUT2D eigenvalue weighted by atomic mass is 79.9. The minimum atomic E-state index is 0.543. The second kappa shape index (κ2) is 6.89. The standard InChI is InChI=1S/C12H19BrN2O/c1-15(2)6-3-7-16-11-5-4-10(9-14)12(13)8-11/h4-5,8H,3,6-7,9,14H2,1-2H3. The number of benzene rings is 1. The molecule has 0 bridgehead atoms. The minimum absolute atomic E-state index is 0.543. The van der Waals surface area contributed by atoms with Crippen LogP contribution in [0.25, 0.3) is 0 Å². The lowest BCUT2D eigenvalue weighted by Crippen LogP contribution is -2.15. The molecule has 90 valence electrons. The van der Waals surface area contributed by atoms with Gasteiger partial charge in [-0.25, -0.2) is 0 Å². The van der Waals surface area contributed by atoms with E-state index in [9.17, 15) is 0 Å². The molecule has 0 radical (unpaired) electrons. The van der Waals surface area contributed by atoms with E-state index in [1.54, 1.807) is 0 Å². The molecule has 1 aromatic rings. The molecule has 0 heterocycles. The van der Waals surface area contributed by atoms with E-state index in [1.165, 1.54) is 0 Å². The van der Waals surface area contributed by atoms with Gasteiger partial charge in [-0.15, -0.1) is 0 Å². The van der Waals surface area contributed by atoms with Gasteiger partial charge in [-0.3, -0.25) is 0 Å². The monoisotopic (exact) mass is 286 g/mol. The molecule has 0 amide bonds. The first kappa shape index (κ1) is 13.5. The van der Waals surface area contributed by atoms with Crippen LogP contribution in [0.1, 0.15) is 12.0 Å². The normalized spacial score (nSPS) is 10.8. The van der Waals surface area contributed by atoms with Gasteiger partial charge in [0.2, 0.25) is 0 Å². The highest BCUT2D eigenvalue weighted by Gasteiger charge is 2.00. The smallest absolute Gasteiger partial charge is 0.120 e. The molecule has 0 aliphatic heterocycles. The number of hydrogen-bond acceptors (Lipinski definition) is 3. The topological polar surface area (TPSA) is 38.5 Å². The van der Waals surface area contributed by atoms with E-state index in [4.69, 9.17) is 10.5 Å². The number of rotatable bonds is 6. The Hall–Kier alpha value is -0.580. The Morgan fingerprint density at radius 3 is 2.69 bits per heavy atom. The summed E-state index contributed by atoms with van der Waals surface area (Å²) in [6.07, 6.45) is 1.03. The van der Waals surface area contributed by atoms with Crippen molar-refractivity contribution in [3.05, 3.63) is 28.2 Å². The van der Waals surface area contributed by atoms with Crippen molar-refractivity contribution in [2.45, 2.75) is 13.0 Å². The van der Waals surface area contributed by atoms with Crippen LogP contribution in [0.3, 0.4) is 0 Å². The first-order valence-electron chi connectivity index (χ1n) is 5.39. The third-order valence-corrected chi connectivity index (χ3v) is 3.00. The van der Waals surface area contributed by atoms with Gasteiger partial charge in [0.25, 0.3) is 0 Å². The Kier molecular flexibility index (Phi) is 5.80. The Morgan fingerprint density at radius 2 is 2.12 bits per heavy atom. The lowest BCUT2D eigenvalue weighted by molar-refractivity contribution is 0.281. The average molecular weight is 287 g/mol. The Balaban J connectivity index is 2.40. The molecule has 0 unspecified atom stereocenters. The Bertz CT molecular complexity index is 329. The predicted molar refractivity (Wildman–Crippen MR) is 70.7 cm³/mol. The molecule has 0 atom stereocenters. The molecule has 1 aromatic carbocycles. The molecule has 0 saturated heterocycles. The van der Waals surface area contributed by atoms with Crippen molar-refractivity contribution in [1.82, 2.24) is 4.90 Å². The molecular weight excluding hydrogens is 268 g/mol. The summed E-state index contributed by atoms with van der Waals surface area (Å²) in [5.74, 6) is 0.892. The number of halogens is 1. The van der Waals surface area contributed by atoms with Gasteiger partial charge in [-0.05, 0) is 38.2 Å². The lowest BCUT2D eigenvalue weighted by atomic mass is 10.2. The number of nitrogens with two attached hydrogens (primary N) is 1. The summed E-state index contributed by atoms with van der Waals surface area (Å²) < 4.78 is 6.65. The van der Waals surface area contributed by atoms with Crippen LogP contribution in [-0.2, 0) is 6.54 Å². The second-order valence-electron chi connectivity index (χ2n) is 3.96. The lowest BCUT2D eigenvalue weighted by Gasteiger charge is -2.11. The van der Waals surface area contributed by atoms with Gasteiger partial charge in [0.1, 0.15) is 5.75 Å². The highest BCUT2D eigenvalue weighted by molar-refractivity contribution is 9.10. The van der Waals surface area contributed by atoms with Crippen molar-refractivity contribution < 1.29 is 4.74 Å². The summed E-state index contributed by atoms with van der Waals surface area (Å²) in [5, 5.41) is 0.